The minimum atomic E-state index is -0.407. The zero-order valence-corrected chi connectivity index (χ0v) is 10.4. The highest BCUT2D eigenvalue weighted by Crippen LogP contribution is 2.32. The Balaban J connectivity index is 1.84. The van der Waals surface area contributed by atoms with E-state index in [-0.39, 0.29) is 11.7 Å². The molecular formula is C14H15FN2O2. The summed E-state index contributed by atoms with van der Waals surface area (Å²) in [6.07, 6.45) is 3.34. The molecule has 1 heterocycles. The molecule has 5 heteroatoms. The number of benzene rings is 1. The second kappa shape index (κ2) is 5.09. The van der Waals surface area contributed by atoms with Crippen LogP contribution in [0, 0.1) is 5.82 Å². The minimum Gasteiger partial charge on any atom is -0.392 e. The van der Waals surface area contributed by atoms with Crippen LogP contribution in [0.5, 0.6) is 0 Å². The predicted octanol–water partition coefficient (Wildman–Crippen LogP) is 2.89. The average Bonchev–Trinajstić information content (AvgIpc) is 2.89. The molecule has 0 saturated heterocycles. The SMILES string of the molecule is OC1CCCCC1c1nc(-c2ccc(F)cc2)no1. The van der Waals surface area contributed by atoms with Crippen molar-refractivity contribution in [1.29, 1.82) is 0 Å². The summed E-state index contributed by atoms with van der Waals surface area (Å²) in [4.78, 5) is 4.32. The first-order valence-corrected chi connectivity index (χ1v) is 6.51. The molecule has 0 amide bonds. The standard InChI is InChI=1S/C14H15FN2O2/c15-10-7-5-9(6-8-10)13-16-14(19-17-13)11-3-1-2-4-12(11)18/h5-8,11-12,18H,1-4H2. The number of rotatable bonds is 2. The topological polar surface area (TPSA) is 59.2 Å². The van der Waals surface area contributed by atoms with Crippen molar-refractivity contribution < 1.29 is 14.0 Å². The monoisotopic (exact) mass is 262 g/mol. The second-order valence-corrected chi connectivity index (χ2v) is 4.92. The summed E-state index contributed by atoms with van der Waals surface area (Å²) in [7, 11) is 0. The highest BCUT2D eigenvalue weighted by Gasteiger charge is 2.29. The molecule has 1 aliphatic carbocycles. The van der Waals surface area contributed by atoms with Crippen LogP contribution in [0.3, 0.4) is 0 Å². The van der Waals surface area contributed by atoms with E-state index in [2.05, 4.69) is 10.1 Å². The van der Waals surface area contributed by atoms with Crippen molar-refractivity contribution in [3.63, 3.8) is 0 Å². The van der Waals surface area contributed by atoms with Crippen LogP contribution in [-0.2, 0) is 0 Å². The lowest BCUT2D eigenvalue weighted by molar-refractivity contribution is 0.0908. The van der Waals surface area contributed by atoms with Gasteiger partial charge >= 0.3 is 0 Å². The lowest BCUT2D eigenvalue weighted by atomic mass is 9.86. The van der Waals surface area contributed by atoms with E-state index in [1.54, 1.807) is 12.1 Å². The zero-order valence-electron chi connectivity index (χ0n) is 10.4. The van der Waals surface area contributed by atoms with Gasteiger partial charge in [-0.05, 0) is 37.1 Å². The quantitative estimate of drug-likeness (QED) is 0.904. The van der Waals surface area contributed by atoms with Crippen LogP contribution >= 0.6 is 0 Å². The third-order valence-electron chi connectivity index (χ3n) is 3.59. The van der Waals surface area contributed by atoms with Crippen LogP contribution in [0.4, 0.5) is 4.39 Å². The van der Waals surface area contributed by atoms with Gasteiger partial charge in [0.25, 0.3) is 0 Å². The summed E-state index contributed by atoms with van der Waals surface area (Å²) in [6.45, 7) is 0. The van der Waals surface area contributed by atoms with Crippen LogP contribution in [-0.4, -0.2) is 21.4 Å². The summed E-state index contributed by atoms with van der Waals surface area (Å²) in [5, 5.41) is 13.9. The molecule has 3 rings (SSSR count). The van der Waals surface area contributed by atoms with Crippen molar-refractivity contribution in [2.24, 2.45) is 0 Å². The molecule has 2 aromatic rings. The molecule has 1 saturated carbocycles. The van der Waals surface area contributed by atoms with Crippen LogP contribution in [0.15, 0.2) is 28.8 Å². The van der Waals surface area contributed by atoms with Crippen molar-refractivity contribution in [2.75, 3.05) is 0 Å². The lowest BCUT2D eigenvalue weighted by Crippen LogP contribution is -2.22. The van der Waals surface area contributed by atoms with Gasteiger partial charge < -0.3 is 9.63 Å². The number of aliphatic hydroxyl groups is 1. The summed E-state index contributed by atoms with van der Waals surface area (Å²) in [5.41, 5.74) is 0.710. The van der Waals surface area contributed by atoms with E-state index in [1.165, 1.54) is 12.1 Å². The molecule has 1 N–H and O–H groups in total. The summed E-state index contributed by atoms with van der Waals surface area (Å²) in [5.74, 6) is 0.546. The largest absolute Gasteiger partial charge is 0.392 e. The van der Waals surface area contributed by atoms with Gasteiger partial charge in [-0.2, -0.15) is 4.98 Å². The zero-order chi connectivity index (χ0) is 13.2. The highest BCUT2D eigenvalue weighted by atomic mass is 19.1. The molecule has 19 heavy (non-hydrogen) atoms. The van der Waals surface area contributed by atoms with E-state index in [0.717, 1.165) is 25.7 Å². The summed E-state index contributed by atoms with van der Waals surface area (Å²) < 4.78 is 18.1. The Labute approximate surface area is 110 Å². The normalized spacial score (nSPS) is 23.5. The smallest absolute Gasteiger partial charge is 0.232 e. The van der Waals surface area contributed by atoms with E-state index >= 15 is 0 Å². The van der Waals surface area contributed by atoms with Crippen LogP contribution in [0.2, 0.25) is 0 Å². The molecule has 0 aliphatic heterocycles. The molecule has 0 radical (unpaired) electrons. The van der Waals surface area contributed by atoms with Gasteiger partial charge in [0.1, 0.15) is 5.82 Å². The van der Waals surface area contributed by atoms with Gasteiger partial charge in [-0.1, -0.05) is 18.0 Å². The van der Waals surface area contributed by atoms with Crippen molar-refractivity contribution in [3.05, 3.63) is 36.0 Å². The molecule has 0 bridgehead atoms. The van der Waals surface area contributed by atoms with Gasteiger partial charge in [-0.3, -0.25) is 0 Å². The Kier molecular flexibility index (Phi) is 3.29. The maximum atomic E-state index is 12.9. The van der Waals surface area contributed by atoms with Crippen LogP contribution in [0.25, 0.3) is 11.4 Å². The van der Waals surface area contributed by atoms with E-state index in [0.29, 0.717) is 17.3 Å². The number of halogens is 1. The van der Waals surface area contributed by atoms with Crippen molar-refractivity contribution in [3.8, 4) is 11.4 Å². The van der Waals surface area contributed by atoms with Gasteiger partial charge in [0.15, 0.2) is 0 Å². The molecule has 100 valence electrons. The Morgan fingerprint density at radius 1 is 1.16 bits per heavy atom. The predicted molar refractivity (Wildman–Crippen MR) is 66.9 cm³/mol. The Bertz CT molecular complexity index is 553. The molecule has 1 aliphatic rings. The highest BCUT2D eigenvalue weighted by molar-refractivity contribution is 5.53. The lowest BCUT2D eigenvalue weighted by Gasteiger charge is -2.24. The summed E-state index contributed by atoms with van der Waals surface area (Å²) >= 11 is 0. The maximum Gasteiger partial charge on any atom is 0.232 e. The minimum absolute atomic E-state index is 0.0737. The number of aliphatic hydroxyl groups excluding tert-OH is 1. The third-order valence-corrected chi connectivity index (χ3v) is 3.59. The molecule has 2 unspecified atom stereocenters. The van der Waals surface area contributed by atoms with E-state index in [4.69, 9.17) is 4.52 Å². The summed E-state index contributed by atoms with van der Waals surface area (Å²) in [6, 6.07) is 5.95. The van der Waals surface area contributed by atoms with Gasteiger partial charge in [0, 0.05) is 5.56 Å². The average molecular weight is 262 g/mol. The Hall–Kier alpha value is -1.75. The van der Waals surface area contributed by atoms with Gasteiger partial charge in [0.2, 0.25) is 11.7 Å². The first-order chi connectivity index (χ1) is 9.24. The van der Waals surface area contributed by atoms with E-state index in [9.17, 15) is 9.50 Å². The van der Waals surface area contributed by atoms with Gasteiger partial charge in [-0.15, -0.1) is 0 Å². The molecule has 1 aromatic heterocycles. The number of hydrogen-bond donors (Lipinski definition) is 1. The van der Waals surface area contributed by atoms with Crippen molar-refractivity contribution in [2.45, 2.75) is 37.7 Å². The second-order valence-electron chi connectivity index (χ2n) is 4.92. The van der Waals surface area contributed by atoms with Crippen LogP contribution < -0.4 is 0 Å². The fraction of sp³-hybridized carbons (Fsp3) is 0.429. The molecule has 0 spiro atoms. The van der Waals surface area contributed by atoms with E-state index < -0.39 is 6.10 Å². The first kappa shape index (κ1) is 12.3. The molecule has 1 aromatic carbocycles. The molecule has 2 atom stereocenters. The number of nitrogens with zero attached hydrogens (tertiary/aromatic N) is 2. The number of aromatic nitrogens is 2. The van der Waals surface area contributed by atoms with Gasteiger partial charge in [-0.25, -0.2) is 4.39 Å². The fourth-order valence-corrected chi connectivity index (χ4v) is 2.50. The maximum absolute atomic E-state index is 12.9. The first-order valence-electron chi connectivity index (χ1n) is 6.51. The Morgan fingerprint density at radius 3 is 2.63 bits per heavy atom. The van der Waals surface area contributed by atoms with Crippen molar-refractivity contribution in [1.82, 2.24) is 10.1 Å². The van der Waals surface area contributed by atoms with Gasteiger partial charge in [0.05, 0.1) is 12.0 Å². The number of hydrogen-bond acceptors (Lipinski definition) is 4. The molecular weight excluding hydrogens is 247 g/mol. The molecule has 1 fully saturated rings. The molecule has 4 nitrogen and oxygen atoms in total. The Morgan fingerprint density at radius 2 is 1.89 bits per heavy atom. The third kappa shape index (κ3) is 2.51. The fourth-order valence-electron chi connectivity index (χ4n) is 2.50. The van der Waals surface area contributed by atoms with E-state index in [1.807, 2.05) is 0 Å². The van der Waals surface area contributed by atoms with Crippen molar-refractivity contribution >= 4 is 0 Å². The van der Waals surface area contributed by atoms with Crippen LogP contribution in [0.1, 0.15) is 37.5 Å².